The minimum absolute atomic E-state index is 0.146. The molecule has 0 unspecified atom stereocenters. The lowest BCUT2D eigenvalue weighted by molar-refractivity contribution is -0.390. The third-order valence-corrected chi connectivity index (χ3v) is 2.44. The molecule has 0 N–H and O–H groups in total. The monoisotopic (exact) mass is 256 g/mol. The molecular weight excluding hydrogens is 248 g/mol. The van der Waals surface area contributed by atoms with Crippen LogP contribution in [0.4, 0.5) is 5.82 Å². The molecule has 0 aliphatic carbocycles. The highest BCUT2D eigenvalue weighted by Gasteiger charge is 2.21. The van der Waals surface area contributed by atoms with Crippen LogP contribution in [0.2, 0.25) is 0 Å². The van der Waals surface area contributed by atoms with E-state index in [-0.39, 0.29) is 17.9 Å². The highest BCUT2D eigenvalue weighted by Crippen LogP contribution is 2.14. The summed E-state index contributed by atoms with van der Waals surface area (Å²) in [5.74, 6) is -0.772. The van der Waals surface area contributed by atoms with Crippen molar-refractivity contribution >= 4 is 11.6 Å². The Bertz CT molecular complexity index is 670. The SMILES string of the molecule is N#Cc1cn(CC(=O)c2ccccc2)nc1[N+](=O)[O-]. The van der Waals surface area contributed by atoms with Gasteiger partial charge in [0.1, 0.15) is 12.6 Å². The Morgan fingerprint density at radius 2 is 2.11 bits per heavy atom. The van der Waals surface area contributed by atoms with E-state index in [1.165, 1.54) is 6.20 Å². The molecular formula is C12H8N4O3. The van der Waals surface area contributed by atoms with Gasteiger partial charge in [0.2, 0.25) is 0 Å². The Morgan fingerprint density at radius 1 is 1.42 bits per heavy atom. The summed E-state index contributed by atoms with van der Waals surface area (Å²) in [7, 11) is 0. The quantitative estimate of drug-likeness (QED) is 0.469. The van der Waals surface area contributed by atoms with Gasteiger partial charge < -0.3 is 10.1 Å². The number of nitrogens with zero attached hydrogens (tertiary/aromatic N) is 4. The van der Waals surface area contributed by atoms with Gasteiger partial charge in [-0.3, -0.25) is 4.79 Å². The van der Waals surface area contributed by atoms with Gasteiger partial charge in [0, 0.05) is 5.56 Å². The molecule has 0 fully saturated rings. The smallest absolute Gasteiger partial charge is 0.358 e. The summed E-state index contributed by atoms with van der Waals surface area (Å²) in [6.45, 7) is -0.146. The van der Waals surface area contributed by atoms with E-state index in [4.69, 9.17) is 5.26 Å². The maximum absolute atomic E-state index is 11.9. The van der Waals surface area contributed by atoms with Crippen molar-refractivity contribution in [1.82, 2.24) is 9.78 Å². The van der Waals surface area contributed by atoms with Crippen LogP contribution in [-0.2, 0) is 6.54 Å². The summed E-state index contributed by atoms with van der Waals surface area (Å²) in [6.07, 6.45) is 1.19. The normalized spacial score (nSPS) is 9.84. The van der Waals surface area contributed by atoms with E-state index >= 15 is 0 Å². The summed E-state index contributed by atoms with van der Waals surface area (Å²) in [6, 6.07) is 10.2. The fourth-order valence-electron chi connectivity index (χ4n) is 1.57. The molecule has 1 aromatic heterocycles. The number of carbonyl (C=O) groups excluding carboxylic acids is 1. The number of aromatic nitrogens is 2. The Morgan fingerprint density at radius 3 is 2.63 bits per heavy atom. The van der Waals surface area contributed by atoms with E-state index in [1.807, 2.05) is 0 Å². The number of Topliss-reactive ketones (excluding diaryl/α,β-unsaturated/α-hetero) is 1. The van der Waals surface area contributed by atoms with Crippen LogP contribution < -0.4 is 0 Å². The number of hydrogen-bond acceptors (Lipinski definition) is 5. The molecule has 0 bridgehead atoms. The lowest BCUT2D eigenvalue weighted by Crippen LogP contribution is -2.11. The zero-order chi connectivity index (χ0) is 13.8. The fourth-order valence-corrected chi connectivity index (χ4v) is 1.57. The van der Waals surface area contributed by atoms with E-state index in [9.17, 15) is 14.9 Å². The van der Waals surface area contributed by atoms with Crippen LogP contribution in [0.1, 0.15) is 15.9 Å². The van der Waals surface area contributed by atoms with Crippen LogP contribution in [0.5, 0.6) is 0 Å². The van der Waals surface area contributed by atoms with Crippen LogP contribution >= 0.6 is 0 Å². The molecule has 7 nitrogen and oxygen atoms in total. The zero-order valence-corrected chi connectivity index (χ0v) is 9.68. The molecule has 0 saturated heterocycles. The number of rotatable bonds is 4. The first-order valence-corrected chi connectivity index (χ1v) is 5.32. The lowest BCUT2D eigenvalue weighted by Gasteiger charge is -1.97. The topological polar surface area (TPSA) is 102 Å². The second kappa shape index (κ2) is 5.10. The van der Waals surface area contributed by atoms with Crippen LogP contribution in [0.15, 0.2) is 36.5 Å². The van der Waals surface area contributed by atoms with Gasteiger partial charge in [-0.05, 0) is 4.92 Å². The molecule has 0 amide bonds. The third-order valence-electron chi connectivity index (χ3n) is 2.44. The average molecular weight is 256 g/mol. The maximum atomic E-state index is 11.9. The van der Waals surface area contributed by atoms with Gasteiger partial charge in [0.25, 0.3) is 0 Å². The predicted molar refractivity (Wildman–Crippen MR) is 64.4 cm³/mol. The van der Waals surface area contributed by atoms with Gasteiger partial charge in [0.05, 0.1) is 11.3 Å². The van der Waals surface area contributed by atoms with Crippen LogP contribution in [0.3, 0.4) is 0 Å². The molecule has 94 valence electrons. The van der Waals surface area contributed by atoms with Crippen LogP contribution in [-0.4, -0.2) is 20.5 Å². The summed E-state index contributed by atoms with van der Waals surface area (Å²) >= 11 is 0. The number of nitro groups is 1. The van der Waals surface area contributed by atoms with E-state index < -0.39 is 10.7 Å². The van der Waals surface area contributed by atoms with Crippen molar-refractivity contribution in [3.8, 4) is 6.07 Å². The first-order chi connectivity index (χ1) is 9.11. The molecule has 0 spiro atoms. The molecule has 1 aromatic carbocycles. The van der Waals surface area contributed by atoms with E-state index in [2.05, 4.69) is 5.10 Å². The molecule has 0 atom stereocenters. The predicted octanol–water partition coefficient (Wildman–Crippen LogP) is 1.55. The zero-order valence-electron chi connectivity index (χ0n) is 9.68. The maximum Gasteiger partial charge on any atom is 0.407 e. The van der Waals surface area contributed by atoms with Crippen molar-refractivity contribution in [2.24, 2.45) is 0 Å². The third kappa shape index (κ3) is 2.63. The van der Waals surface area contributed by atoms with Crippen molar-refractivity contribution in [3.05, 3.63) is 57.8 Å². The summed E-state index contributed by atoms with van der Waals surface area (Å²) in [5, 5.41) is 23.0. The molecule has 1 heterocycles. The van der Waals surface area contributed by atoms with Crippen molar-refractivity contribution in [1.29, 1.82) is 5.26 Å². The van der Waals surface area contributed by atoms with Gasteiger partial charge in [-0.25, -0.2) is 0 Å². The van der Waals surface area contributed by atoms with Crippen molar-refractivity contribution in [3.63, 3.8) is 0 Å². The number of nitriles is 1. The molecule has 2 aromatic rings. The van der Waals surface area contributed by atoms with Crippen LogP contribution in [0, 0.1) is 21.4 Å². The van der Waals surface area contributed by atoms with Gasteiger partial charge >= 0.3 is 5.82 Å². The van der Waals surface area contributed by atoms with E-state index in [0.29, 0.717) is 5.56 Å². The second-order valence-electron chi connectivity index (χ2n) is 3.72. The number of ketones is 1. The molecule has 0 radical (unpaired) electrons. The van der Waals surface area contributed by atoms with Gasteiger partial charge in [0.15, 0.2) is 11.3 Å². The summed E-state index contributed by atoms with van der Waals surface area (Å²) < 4.78 is 1.10. The summed E-state index contributed by atoms with van der Waals surface area (Å²) in [5.41, 5.74) is 0.324. The minimum atomic E-state index is -0.748. The Hall–Kier alpha value is -3.01. The highest BCUT2D eigenvalue weighted by atomic mass is 16.6. The minimum Gasteiger partial charge on any atom is -0.358 e. The standard InChI is InChI=1S/C12H8N4O3/c13-6-10-7-15(14-12(10)16(18)19)8-11(17)9-4-2-1-3-5-9/h1-5,7H,8H2. The molecule has 2 rings (SSSR count). The lowest BCUT2D eigenvalue weighted by atomic mass is 10.1. The largest absolute Gasteiger partial charge is 0.407 e. The number of benzene rings is 1. The van der Waals surface area contributed by atoms with Crippen molar-refractivity contribution in [2.75, 3.05) is 0 Å². The van der Waals surface area contributed by atoms with Crippen LogP contribution in [0.25, 0.3) is 0 Å². The molecule has 0 aliphatic heterocycles. The molecule has 7 heteroatoms. The van der Waals surface area contributed by atoms with E-state index in [1.54, 1.807) is 36.4 Å². The van der Waals surface area contributed by atoms with E-state index in [0.717, 1.165) is 4.68 Å². The van der Waals surface area contributed by atoms with Gasteiger partial charge in [-0.1, -0.05) is 30.3 Å². The van der Waals surface area contributed by atoms with Crippen molar-refractivity contribution < 1.29 is 9.72 Å². The Balaban J connectivity index is 2.23. The molecule has 19 heavy (non-hydrogen) atoms. The Kier molecular flexibility index (Phi) is 3.34. The Labute approximate surface area is 107 Å². The molecule has 0 saturated carbocycles. The highest BCUT2D eigenvalue weighted by molar-refractivity contribution is 5.95. The summed E-state index contributed by atoms with van der Waals surface area (Å²) in [4.78, 5) is 21.8. The number of carbonyl (C=O) groups is 1. The van der Waals surface area contributed by atoms with Gasteiger partial charge in [-0.15, -0.1) is 0 Å². The molecule has 0 aliphatic rings. The first-order valence-electron chi connectivity index (χ1n) is 5.32. The van der Waals surface area contributed by atoms with Gasteiger partial charge in [-0.2, -0.15) is 9.94 Å². The fraction of sp³-hybridized carbons (Fsp3) is 0.0833. The number of hydrogen-bond donors (Lipinski definition) is 0. The first kappa shape index (κ1) is 12.4. The average Bonchev–Trinajstić information content (AvgIpc) is 2.83. The second-order valence-corrected chi connectivity index (χ2v) is 3.72. The van der Waals surface area contributed by atoms with Crippen molar-refractivity contribution in [2.45, 2.75) is 6.54 Å².